The molecule has 1 saturated heterocycles. The second kappa shape index (κ2) is 7.49. The zero-order chi connectivity index (χ0) is 16.9. The lowest BCUT2D eigenvalue weighted by molar-refractivity contribution is -0.142. The van der Waals surface area contributed by atoms with Crippen LogP contribution in [0.3, 0.4) is 0 Å². The minimum Gasteiger partial charge on any atom is -0.489 e. The van der Waals surface area contributed by atoms with E-state index in [1.54, 1.807) is 0 Å². The SMILES string of the molecule is CC(c1ccc(OCc2ccccc2)cc1)N1CCCC1C(=O)O. The Kier molecular flexibility index (Phi) is 5.16. The highest BCUT2D eigenvalue weighted by Crippen LogP contribution is 2.30. The number of ether oxygens (including phenoxy) is 1. The van der Waals surface area contributed by atoms with E-state index in [0.717, 1.165) is 36.3 Å². The summed E-state index contributed by atoms with van der Waals surface area (Å²) in [6, 6.07) is 17.8. The summed E-state index contributed by atoms with van der Waals surface area (Å²) in [5.41, 5.74) is 2.26. The van der Waals surface area contributed by atoms with Gasteiger partial charge < -0.3 is 9.84 Å². The van der Waals surface area contributed by atoms with Crippen LogP contribution < -0.4 is 4.74 Å². The Morgan fingerprint density at radius 1 is 1.21 bits per heavy atom. The molecule has 0 saturated carbocycles. The molecule has 2 atom stereocenters. The molecular weight excluding hydrogens is 302 g/mol. The second-order valence-corrected chi connectivity index (χ2v) is 6.25. The maximum Gasteiger partial charge on any atom is 0.320 e. The predicted molar refractivity (Wildman–Crippen MR) is 93.0 cm³/mol. The average molecular weight is 325 g/mol. The molecule has 1 aliphatic heterocycles. The van der Waals surface area contributed by atoms with Gasteiger partial charge in [0.05, 0.1) is 0 Å². The summed E-state index contributed by atoms with van der Waals surface area (Å²) < 4.78 is 5.80. The van der Waals surface area contributed by atoms with E-state index in [9.17, 15) is 9.90 Å². The molecule has 0 bridgehead atoms. The van der Waals surface area contributed by atoms with Crippen molar-refractivity contribution in [3.63, 3.8) is 0 Å². The minimum absolute atomic E-state index is 0.0942. The van der Waals surface area contributed by atoms with Gasteiger partial charge in [0.2, 0.25) is 0 Å². The van der Waals surface area contributed by atoms with Crippen LogP contribution in [0.2, 0.25) is 0 Å². The van der Waals surface area contributed by atoms with Gasteiger partial charge in [-0.3, -0.25) is 9.69 Å². The molecule has 4 nitrogen and oxygen atoms in total. The van der Waals surface area contributed by atoms with Gasteiger partial charge in [-0.1, -0.05) is 42.5 Å². The van der Waals surface area contributed by atoms with Gasteiger partial charge in [0.1, 0.15) is 18.4 Å². The van der Waals surface area contributed by atoms with Gasteiger partial charge in [-0.15, -0.1) is 0 Å². The topological polar surface area (TPSA) is 49.8 Å². The molecule has 0 radical (unpaired) electrons. The number of aliphatic carboxylic acids is 1. The van der Waals surface area contributed by atoms with E-state index in [2.05, 4.69) is 11.8 Å². The Morgan fingerprint density at radius 3 is 2.58 bits per heavy atom. The first kappa shape index (κ1) is 16.5. The third-order valence-corrected chi connectivity index (χ3v) is 4.69. The number of hydrogen-bond acceptors (Lipinski definition) is 3. The zero-order valence-electron chi connectivity index (χ0n) is 13.9. The zero-order valence-corrected chi connectivity index (χ0v) is 13.9. The molecule has 1 N–H and O–H groups in total. The summed E-state index contributed by atoms with van der Waals surface area (Å²) in [4.78, 5) is 13.4. The van der Waals surface area contributed by atoms with Crippen molar-refractivity contribution >= 4 is 5.97 Å². The van der Waals surface area contributed by atoms with E-state index in [1.807, 2.05) is 54.6 Å². The summed E-state index contributed by atoms with van der Waals surface area (Å²) in [6.45, 7) is 3.45. The van der Waals surface area contributed by atoms with Crippen LogP contribution in [0.5, 0.6) is 5.75 Å². The number of hydrogen-bond donors (Lipinski definition) is 1. The molecule has 0 amide bonds. The van der Waals surface area contributed by atoms with Crippen molar-refractivity contribution in [2.45, 2.75) is 38.5 Å². The normalized spacial score (nSPS) is 19.1. The first-order valence-electron chi connectivity index (χ1n) is 8.40. The van der Waals surface area contributed by atoms with Crippen LogP contribution in [0.4, 0.5) is 0 Å². The van der Waals surface area contributed by atoms with Crippen molar-refractivity contribution in [3.05, 3.63) is 65.7 Å². The van der Waals surface area contributed by atoms with Gasteiger partial charge >= 0.3 is 5.97 Å². The molecule has 126 valence electrons. The second-order valence-electron chi connectivity index (χ2n) is 6.25. The van der Waals surface area contributed by atoms with Gasteiger partial charge in [-0.2, -0.15) is 0 Å². The van der Waals surface area contributed by atoms with Crippen LogP contribution in [-0.4, -0.2) is 28.6 Å². The van der Waals surface area contributed by atoms with Crippen LogP contribution in [0.1, 0.15) is 36.9 Å². The molecule has 3 rings (SSSR count). The van der Waals surface area contributed by atoms with Crippen molar-refractivity contribution in [3.8, 4) is 5.75 Å². The Bertz CT molecular complexity index is 669. The van der Waals surface area contributed by atoms with E-state index in [4.69, 9.17) is 4.74 Å². The maximum absolute atomic E-state index is 11.4. The van der Waals surface area contributed by atoms with Gasteiger partial charge in [-0.05, 0) is 49.6 Å². The fraction of sp³-hybridized carbons (Fsp3) is 0.350. The highest BCUT2D eigenvalue weighted by Gasteiger charge is 2.33. The monoisotopic (exact) mass is 325 g/mol. The number of rotatable bonds is 6. The number of likely N-dealkylation sites (tertiary alicyclic amines) is 1. The van der Waals surface area contributed by atoms with Crippen LogP contribution >= 0.6 is 0 Å². The molecule has 2 aromatic carbocycles. The Balaban J connectivity index is 1.62. The molecule has 0 aliphatic carbocycles. The van der Waals surface area contributed by atoms with Gasteiger partial charge in [0.15, 0.2) is 0 Å². The molecule has 4 heteroatoms. The number of benzene rings is 2. The van der Waals surface area contributed by atoms with Gasteiger partial charge in [0.25, 0.3) is 0 Å². The average Bonchev–Trinajstić information content (AvgIpc) is 3.11. The fourth-order valence-electron chi connectivity index (χ4n) is 3.29. The number of nitrogens with zero attached hydrogens (tertiary/aromatic N) is 1. The van der Waals surface area contributed by atoms with Crippen molar-refractivity contribution in [1.29, 1.82) is 0 Å². The lowest BCUT2D eigenvalue weighted by Gasteiger charge is -2.28. The largest absolute Gasteiger partial charge is 0.489 e. The predicted octanol–water partition coefficient (Wildman–Crippen LogP) is 3.88. The smallest absolute Gasteiger partial charge is 0.320 e. The summed E-state index contributed by atoms with van der Waals surface area (Å²) in [5.74, 6) is 0.105. The summed E-state index contributed by atoms with van der Waals surface area (Å²) in [5, 5.41) is 9.34. The molecule has 1 heterocycles. The molecule has 24 heavy (non-hydrogen) atoms. The highest BCUT2D eigenvalue weighted by atomic mass is 16.5. The van der Waals surface area contributed by atoms with E-state index in [1.165, 1.54) is 0 Å². The summed E-state index contributed by atoms with van der Waals surface area (Å²) >= 11 is 0. The van der Waals surface area contributed by atoms with Crippen LogP contribution in [-0.2, 0) is 11.4 Å². The molecule has 2 unspecified atom stereocenters. The number of carboxylic acids is 1. The fourth-order valence-corrected chi connectivity index (χ4v) is 3.29. The summed E-state index contributed by atoms with van der Waals surface area (Å²) in [7, 11) is 0. The van der Waals surface area contributed by atoms with E-state index < -0.39 is 5.97 Å². The van der Waals surface area contributed by atoms with E-state index in [0.29, 0.717) is 6.61 Å². The van der Waals surface area contributed by atoms with E-state index in [-0.39, 0.29) is 12.1 Å². The molecule has 1 fully saturated rings. The molecule has 0 aromatic heterocycles. The van der Waals surface area contributed by atoms with Crippen LogP contribution in [0, 0.1) is 0 Å². The molecule has 1 aliphatic rings. The Hall–Kier alpha value is -2.33. The summed E-state index contributed by atoms with van der Waals surface area (Å²) in [6.07, 6.45) is 1.68. The lowest BCUT2D eigenvalue weighted by Crippen LogP contribution is -2.37. The van der Waals surface area contributed by atoms with Crippen LogP contribution in [0.25, 0.3) is 0 Å². The van der Waals surface area contributed by atoms with Crippen molar-refractivity contribution < 1.29 is 14.6 Å². The molecule has 0 spiro atoms. The quantitative estimate of drug-likeness (QED) is 0.876. The van der Waals surface area contributed by atoms with Crippen LogP contribution in [0.15, 0.2) is 54.6 Å². The minimum atomic E-state index is -0.720. The number of carboxylic acid groups (broad SMARTS) is 1. The van der Waals surface area contributed by atoms with E-state index >= 15 is 0 Å². The Morgan fingerprint density at radius 2 is 1.92 bits per heavy atom. The third-order valence-electron chi connectivity index (χ3n) is 4.69. The Labute approximate surface area is 142 Å². The highest BCUT2D eigenvalue weighted by molar-refractivity contribution is 5.73. The lowest BCUT2D eigenvalue weighted by atomic mass is 10.1. The third kappa shape index (κ3) is 3.77. The first-order valence-corrected chi connectivity index (χ1v) is 8.40. The van der Waals surface area contributed by atoms with Gasteiger partial charge in [0, 0.05) is 6.04 Å². The number of carbonyl (C=O) groups is 1. The standard InChI is InChI=1S/C20H23NO3/c1-15(21-13-5-8-19(21)20(22)23)17-9-11-18(12-10-17)24-14-16-6-3-2-4-7-16/h2-4,6-7,9-12,15,19H,5,8,13-14H2,1H3,(H,22,23). The first-order chi connectivity index (χ1) is 11.6. The van der Waals surface area contributed by atoms with Gasteiger partial charge in [-0.25, -0.2) is 0 Å². The van der Waals surface area contributed by atoms with Crippen molar-refractivity contribution in [1.82, 2.24) is 4.90 Å². The maximum atomic E-state index is 11.4. The molecular formula is C20H23NO3. The molecule has 2 aromatic rings. The van der Waals surface area contributed by atoms with Crippen molar-refractivity contribution in [2.24, 2.45) is 0 Å². The van der Waals surface area contributed by atoms with Crippen molar-refractivity contribution in [2.75, 3.05) is 6.54 Å².